The minimum Gasteiger partial charge on any atom is -0.457 e. The summed E-state index contributed by atoms with van der Waals surface area (Å²) >= 11 is 0. The van der Waals surface area contributed by atoms with Crippen LogP contribution in [0, 0.1) is 0 Å². The Bertz CT molecular complexity index is 884. The molecule has 0 saturated carbocycles. The highest BCUT2D eigenvalue weighted by atomic mass is 16.7. The minimum atomic E-state index is -1.53. The van der Waals surface area contributed by atoms with Gasteiger partial charge in [0.25, 0.3) is 0 Å². The van der Waals surface area contributed by atoms with Crippen LogP contribution < -0.4 is 0 Å². The van der Waals surface area contributed by atoms with Crippen molar-refractivity contribution in [3.8, 4) is 0 Å². The van der Waals surface area contributed by atoms with E-state index in [-0.39, 0.29) is 19.2 Å². The van der Waals surface area contributed by atoms with Crippen LogP contribution in [-0.2, 0) is 23.7 Å². The maximum atomic E-state index is 12.8. The van der Waals surface area contributed by atoms with E-state index in [0.717, 1.165) is 38.5 Å². The van der Waals surface area contributed by atoms with Crippen LogP contribution in [0.1, 0.15) is 226 Å². The van der Waals surface area contributed by atoms with Crippen molar-refractivity contribution in [2.24, 2.45) is 0 Å². The molecule has 338 valence electrons. The highest BCUT2D eigenvalue weighted by Gasteiger charge is 2.44. The van der Waals surface area contributed by atoms with Gasteiger partial charge in [-0.15, -0.1) is 0 Å². The predicted molar refractivity (Wildman–Crippen MR) is 233 cm³/mol. The summed E-state index contributed by atoms with van der Waals surface area (Å²) in [6.45, 7) is 4.55. The van der Waals surface area contributed by atoms with Gasteiger partial charge < -0.3 is 39.4 Å². The molecule has 1 saturated heterocycles. The molecule has 6 unspecified atom stereocenters. The van der Waals surface area contributed by atoms with E-state index in [1.165, 1.54) is 167 Å². The molecule has 1 aliphatic rings. The standard InChI is InChI=1S/C48H92O9/c1-3-5-7-9-11-13-15-17-18-19-20-21-22-23-24-25-26-27-29-31-33-35-37-44(50)56-42(41-55-48-47(53)46(52)45(51)43(39-49)57-48)40-54-38-36-34-32-30-28-16-14-12-10-8-6-4-2/h10,12,42-43,45-49,51-53H,3-9,11,13-41H2,1-2H3/b12-10-. The van der Waals surface area contributed by atoms with Crippen LogP contribution in [0.15, 0.2) is 12.2 Å². The monoisotopic (exact) mass is 813 g/mol. The molecule has 57 heavy (non-hydrogen) atoms. The van der Waals surface area contributed by atoms with Crippen molar-refractivity contribution in [2.75, 3.05) is 26.4 Å². The molecule has 0 aromatic rings. The van der Waals surface area contributed by atoms with Gasteiger partial charge in [0, 0.05) is 13.0 Å². The number of hydrogen-bond donors (Lipinski definition) is 4. The van der Waals surface area contributed by atoms with Gasteiger partial charge in [0.05, 0.1) is 19.8 Å². The molecule has 0 spiro atoms. The van der Waals surface area contributed by atoms with Crippen molar-refractivity contribution in [3.05, 3.63) is 12.2 Å². The highest BCUT2D eigenvalue weighted by Crippen LogP contribution is 2.23. The van der Waals surface area contributed by atoms with Crippen LogP contribution in [-0.4, -0.2) is 89.6 Å². The fourth-order valence-electron chi connectivity index (χ4n) is 7.59. The zero-order valence-corrected chi connectivity index (χ0v) is 37.1. The number of allylic oxidation sites excluding steroid dienone is 2. The summed E-state index contributed by atoms with van der Waals surface area (Å²) in [4.78, 5) is 12.8. The van der Waals surface area contributed by atoms with E-state index in [2.05, 4.69) is 26.0 Å². The molecule has 1 fully saturated rings. The molecule has 0 aliphatic carbocycles. The van der Waals surface area contributed by atoms with Gasteiger partial charge in [-0.05, 0) is 32.1 Å². The topological polar surface area (TPSA) is 135 Å². The lowest BCUT2D eigenvalue weighted by Crippen LogP contribution is -2.59. The third kappa shape index (κ3) is 31.5. The second-order valence-corrected chi connectivity index (χ2v) is 16.9. The first kappa shape index (κ1) is 53.9. The summed E-state index contributed by atoms with van der Waals surface area (Å²) in [6.07, 6.45) is 38.2. The predicted octanol–water partition coefficient (Wildman–Crippen LogP) is 11.2. The molecule has 0 bridgehead atoms. The van der Waals surface area contributed by atoms with Crippen molar-refractivity contribution < 1.29 is 44.2 Å². The van der Waals surface area contributed by atoms with E-state index in [1.54, 1.807) is 0 Å². The number of carbonyl (C=O) groups excluding carboxylic acids is 1. The lowest BCUT2D eigenvalue weighted by molar-refractivity contribution is -0.305. The van der Waals surface area contributed by atoms with Crippen LogP contribution in [0.25, 0.3) is 0 Å². The molecule has 1 heterocycles. The van der Waals surface area contributed by atoms with Gasteiger partial charge in [-0.1, -0.05) is 199 Å². The van der Waals surface area contributed by atoms with E-state index in [9.17, 15) is 25.2 Å². The van der Waals surface area contributed by atoms with Gasteiger partial charge in [0.1, 0.15) is 30.5 Å². The number of rotatable bonds is 42. The second kappa shape index (κ2) is 40.3. The van der Waals surface area contributed by atoms with Gasteiger partial charge in [-0.3, -0.25) is 4.79 Å². The zero-order valence-electron chi connectivity index (χ0n) is 37.1. The molecule has 1 aliphatic heterocycles. The number of ether oxygens (including phenoxy) is 4. The molecular weight excluding hydrogens is 721 g/mol. The van der Waals surface area contributed by atoms with Crippen LogP contribution in [0.4, 0.5) is 0 Å². The Labute approximate surface area is 350 Å². The third-order valence-electron chi connectivity index (χ3n) is 11.4. The van der Waals surface area contributed by atoms with Crippen molar-refractivity contribution in [2.45, 2.75) is 263 Å². The maximum absolute atomic E-state index is 12.8. The van der Waals surface area contributed by atoms with Crippen molar-refractivity contribution >= 4 is 5.97 Å². The number of unbranched alkanes of at least 4 members (excludes halogenated alkanes) is 29. The molecule has 1 rings (SSSR count). The van der Waals surface area contributed by atoms with Gasteiger partial charge in [0.2, 0.25) is 0 Å². The number of carbonyl (C=O) groups is 1. The van der Waals surface area contributed by atoms with Gasteiger partial charge in [-0.2, -0.15) is 0 Å². The van der Waals surface area contributed by atoms with Gasteiger partial charge in [0.15, 0.2) is 6.29 Å². The summed E-state index contributed by atoms with van der Waals surface area (Å²) in [5.41, 5.74) is 0. The highest BCUT2D eigenvalue weighted by molar-refractivity contribution is 5.69. The molecule has 0 amide bonds. The second-order valence-electron chi connectivity index (χ2n) is 16.9. The molecule has 9 nitrogen and oxygen atoms in total. The summed E-state index contributed by atoms with van der Waals surface area (Å²) in [5, 5.41) is 40.1. The number of esters is 1. The first-order chi connectivity index (χ1) is 27.9. The first-order valence-corrected chi connectivity index (χ1v) is 24.3. The van der Waals surface area contributed by atoms with Gasteiger partial charge >= 0.3 is 5.97 Å². The van der Waals surface area contributed by atoms with E-state index >= 15 is 0 Å². The van der Waals surface area contributed by atoms with E-state index in [0.29, 0.717) is 13.0 Å². The zero-order chi connectivity index (χ0) is 41.4. The van der Waals surface area contributed by atoms with Crippen molar-refractivity contribution in [3.63, 3.8) is 0 Å². The normalized spacial score (nSPS) is 20.4. The Morgan fingerprint density at radius 1 is 0.544 bits per heavy atom. The van der Waals surface area contributed by atoms with E-state index in [1.807, 2.05) is 0 Å². The average molecular weight is 813 g/mol. The lowest BCUT2D eigenvalue weighted by atomic mass is 9.99. The lowest BCUT2D eigenvalue weighted by Gasteiger charge is -2.39. The van der Waals surface area contributed by atoms with E-state index in [4.69, 9.17) is 18.9 Å². The third-order valence-corrected chi connectivity index (χ3v) is 11.4. The Hall–Kier alpha value is -1.07. The maximum Gasteiger partial charge on any atom is 0.306 e. The Morgan fingerprint density at radius 3 is 1.47 bits per heavy atom. The quantitative estimate of drug-likeness (QED) is 0.0270. The summed E-state index contributed by atoms with van der Waals surface area (Å²) in [7, 11) is 0. The van der Waals surface area contributed by atoms with Crippen LogP contribution in [0.3, 0.4) is 0 Å². The number of aliphatic hydroxyl groups is 4. The van der Waals surface area contributed by atoms with Crippen LogP contribution >= 0.6 is 0 Å². The molecule has 0 aromatic carbocycles. The number of aliphatic hydroxyl groups excluding tert-OH is 4. The number of hydrogen-bond acceptors (Lipinski definition) is 9. The Morgan fingerprint density at radius 2 is 0.982 bits per heavy atom. The summed E-state index contributed by atoms with van der Waals surface area (Å²) < 4.78 is 22.8. The molecule has 6 atom stereocenters. The first-order valence-electron chi connectivity index (χ1n) is 24.3. The Kier molecular flexibility index (Phi) is 38.2. The van der Waals surface area contributed by atoms with Gasteiger partial charge in [-0.25, -0.2) is 0 Å². The fourth-order valence-corrected chi connectivity index (χ4v) is 7.59. The average Bonchev–Trinajstić information content (AvgIpc) is 3.21. The SMILES string of the molecule is CCCC/C=C\CCCCCCCCOCC(COC1OC(CO)C(O)C(O)C1O)OC(=O)CCCCCCCCCCCCCCCCCCCCCCCC. The van der Waals surface area contributed by atoms with Crippen LogP contribution in [0.5, 0.6) is 0 Å². The molecular formula is C48H92O9. The molecule has 4 N–H and O–H groups in total. The molecule has 9 heteroatoms. The Balaban J connectivity index is 2.17. The largest absolute Gasteiger partial charge is 0.457 e. The van der Waals surface area contributed by atoms with Crippen molar-refractivity contribution in [1.29, 1.82) is 0 Å². The molecule has 0 radical (unpaired) electrons. The molecule has 0 aromatic heterocycles. The van der Waals surface area contributed by atoms with Crippen LogP contribution in [0.2, 0.25) is 0 Å². The van der Waals surface area contributed by atoms with E-state index < -0.39 is 43.4 Å². The van der Waals surface area contributed by atoms with Crippen molar-refractivity contribution in [1.82, 2.24) is 0 Å². The smallest absolute Gasteiger partial charge is 0.306 e. The summed E-state index contributed by atoms with van der Waals surface area (Å²) in [6, 6.07) is 0. The summed E-state index contributed by atoms with van der Waals surface area (Å²) in [5.74, 6) is -0.311. The minimum absolute atomic E-state index is 0.110. The fraction of sp³-hybridized carbons (Fsp3) is 0.938.